The second kappa shape index (κ2) is 7.01. The molecule has 1 rings (SSSR count). The first-order chi connectivity index (χ1) is 8.13. The molecule has 1 heterocycles. The Morgan fingerprint density at radius 2 is 2.24 bits per heavy atom. The van der Waals surface area contributed by atoms with Crippen LogP contribution in [0.4, 0.5) is 0 Å². The maximum Gasteiger partial charge on any atom is 0.236 e. The van der Waals surface area contributed by atoms with E-state index in [1.54, 1.807) is 6.92 Å². The zero-order valence-corrected chi connectivity index (χ0v) is 10.6. The molecule has 0 aliphatic rings. The van der Waals surface area contributed by atoms with E-state index >= 15 is 0 Å². The normalized spacial score (nSPS) is 12.4. The highest BCUT2D eigenvalue weighted by Crippen LogP contribution is 1.96. The number of carbonyl (C=O) groups excluding carboxylic acids is 1. The Morgan fingerprint density at radius 3 is 2.82 bits per heavy atom. The van der Waals surface area contributed by atoms with E-state index in [-0.39, 0.29) is 11.9 Å². The molecule has 1 aromatic rings. The molecule has 0 bridgehead atoms. The van der Waals surface area contributed by atoms with Crippen LogP contribution in [-0.2, 0) is 11.2 Å². The summed E-state index contributed by atoms with van der Waals surface area (Å²) in [5, 5.41) is 9.64. The number of nitrogens with one attached hydrogen (secondary N) is 2. The van der Waals surface area contributed by atoms with E-state index in [1.807, 2.05) is 13.8 Å². The summed E-state index contributed by atoms with van der Waals surface area (Å²) in [6.45, 7) is 7.00. The Bertz CT molecular complexity index is 351. The lowest BCUT2D eigenvalue weighted by molar-refractivity contribution is -0.122. The number of hydrogen-bond acceptors (Lipinski definition) is 5. The topological polar surface area (TPSA) is 80.0 Å². The average molecular weight is 240 g/mol. The second-order valence-electron chi connectivity index (χ2n) is 3.95. The van der Waals surface area contributed by atoms with Crippen molar-refractivity contribution in [3.05, 3.63) is 11.7 Å². The third-order valence-corrected chi connectivity index (χ3v) is 2.30. The molecule has 0 saturated carbocycles. The first-order valence-electron chi connectivity index (χ1n) is 5.93. The van der Waals surface area contributed by atoms with Crippen molar-refractivity contribution in [2.24, 2.45) is 0 Å². The number of aromatic nitrogens is 2. The van der Waals surface area contributed by atoms with Crippen molar-refractivity contribution in [1.82, 2.24) is 20.8 Å². The molecule has 17 heavy (non-hydrogen) atoms. The van der Waals surface area contributed by atoms with Crippen LogP contribution in [0.2, 0.25) is 0 Å². The van der Waals surface area contributed by atoms with Gasteiger partial charge in [-0.25, -0.2) is 0 Å². The minimum absolute atomic E-state index is 0.0218. The van der Waals surface area contributed by atoms with Gasteiger partial charge in [-0.2, -0.15) is 4.98 Å². The van der Waals surface area contributed by atoms with Crippen molar-refractivity contribution >= 4 is 5.91 Å². The first-order valence-corrected chi connectivity index (χ1v) is 5.93. The summed E-state index contributed by atoms with van der Waals surface area (Å²) in [6.07, 6.45) is 1.58. The van der Waals surface area contributed by atoms with Crippen LogP contribution in [0.1, 0.15) is 32.0 Å². The van der Waals surface area contributed by atoms with Crippen LogP contribution < -0.4 is 10.6 Å². The summed E-state index contributed by atoms with van der Waals surface area (Å²) in [5.74, 6) is 1.25. The second-order valence-corrected chi connectivity index (χ2v) is 3.95. The lowest BCUT2D eigenvalue weighted by Gasteiger charge is -2.12. The quantitative estimate of drug-likeness (QED) is 0.722. The molecule has 1 aromatic heterocycles. The Kier molecular flexibility index (Phi) is 5.62. The largest absolute Gasteiger partial charge is 0.355 e. The van der Waals surface area contributed by atoms with Gasteiger partial charge < -0.3 is 15.2 Å². The van der Waals surface area contributed by atoms with Crippen molar-refractivity contribution in [2.45, 2.75) is 39.7 Å². The van der Waals surface area contributed by atoms with Gasteiger partial charge in [-0.15, -0.1) is 0 Å². The Morgan fingerprint density at radius 1 is 1.47 bits per heavy atom. The molecule has 0 aliphatic heterocycles. The summed E-state index contributed by atoms with van der Waals surface area (Å²) >= 11 is 0. The molecular formula is C11H20N4O2. The predicted octanol–water partition coefficient (Wildman–Crippen LogP) is 0.425. The van der Waals surface area contributed by atoms with Crippen LogP contribution in [0.15, 0.2) is 4.52 Å². The summed E-state index contributed by atoms with van der Waals surface area (Å²) in [6, 6.07) is -0.203. The van der Waals surface area contributed by atoms with Gasteiger partial charge in [0.2, 0.25) is 11.8 Å². The molecule has 0 aromatic carbocycles. The van der Waals surface area contributed by atoms with Gasteiger partial charge in [0, 0.05) is 19.5 Å². The molecule has 1 atom stereocenters. The van der Waals surface area contributed by atoms with Crippen LogP contribution in [0.3, 0.4) is 0 Å². The van der Waals surface area contributed by atoms with Crippen LogP contribution in [-0.4, -0.2) is 35.2 Å². The maximum atomic E-state index is 11.5. The van der Waals surface area contributed by atoms with Gasteiger partial charge in [0.1, 0.15) is 0 Å². The summed E-state index contributed by atoms with van der Waals surface area (Å²) in [4.78, 5) is 15.6. The summed E-state index contributed by atoms with van der Waals surface area (Å²) in [7, 11) is 0. The van der Waals surface area contributed by atoms with Gasteiger partial charge in [0.05, 0.1) is 6.04 Å². The summed E-state index contributed by atoms with van der Waals surface area (Å²) in [5.41, 5.74) is 0. The van der Waals surface area contributed by atoms with E-state index < -0.39 is 0 Å². The predicted molar refractivity (Wildman–Crippen MR) is 63.5 cm³/mol. The highest BCUT2D eigenvalue weighted by molar-refractivity contribution is 5.81. The van der Waals surface area contributed by atoms with E-state index in [9.17, 15) is 4.79 Å². The van der Waals surface area contributed by atoms with Crippen LogP contribution in [0.5, 0.6) is 0 Å². The van der Waals surface area contributed by atoms with Gasteiger partial charge in [-0.05, 0) is 20.3 Å². The van der Waals surface area contributed by atoms with Gasteiger partial charge in [0.15, 0.2) is 5.82 Å². The fourth-order valence-electron chi connectivity index (χ4n) is 1.33. The smallest absolute Gasteiger partial charge is 0.236 e. The molecule has 6 heteroatoms. The average Bonchev–Trinajstić information content (AvgIpc) is 2.71. The molecule has 6 nitrogen and oxygen atoms in total. The minimum Gasteiger partial charge on any atom is -0.355 e. The minimum atomic E-state index is -0.203. The number of rotatable bonds is 7. The Labute approximate surface area is 101 Å². The van der Waals surface area contributed by atoms with E-state index in [2.05, 4.69) is 20.8 Å². The van der Waals surface area contributed by atoms with E-state index in [0.717, 1.165) is 6.42 Å². The van der Waals surface area contributed by atoms with E-state index in [1.165, 1.54) is 0 Å². The van der Waals surface area contributed by atoms with Crippen molar-refractivity contribution < 1.29 is 9.32 Å². The maximum absolute atomic E-state index is 11.5. The van der Waals surface area contributed by atoms with Gasteiger partial charge in [0.25, 0.3) is 0 Å². The number of carbonyl (C=O) groups is 1. The molecule has 2 N–H and O–H groups in total. The molecule has 0 radical (unpaired) electrons. The molecule has 0 saturated heterocycles. The number of hydrogen-bond donors (Lipinski definition) is 2. The number of aryl methyl sites for hydroxylation is 1. The van der Waals surface area contributed by atoms with Crippen LogP contribution in [0, 0.1) is 6.92 Å². The van der Waals surface area contributed by atoms with Crippen LogP contribution in [0.25, 0.3) is 0 Å². The summed E-state index contributed by atoms with van der Waals surface area (Å²) < 4.78 is 4.97. The Hall–Kier alpha value is -1.43. The zero-order chi connectivity index (χ0) is 12.7. The molecule has 0 fully saturated rings. The van der Waals surface area contributed by atoms with E-state index in [0.29, 0.717) is 31.2 Å². The van der Waals surface area contributed by atoms with Crippen molar-refractivity contribution in [3.8, 4) is 0 Å². The third-order valence-electron chi connectivity index (χ3n) is 2.30. The zero-order valence-electron chi connectivity index (χ0n) is 10.6. The highest BCUT2D eigenvalue weighted by atomic mass is 16.5. The molecule has 0 aliphatic carbocycles. The number of nitrogens with zero attached hydrogens (tertiary/aromatic N) is 2. The van der Waals surface area contributed by atoms with E-state index in [4.69, 9.17) is 4.52 Å². The standard InChI is InChI=1S/C11H20N4O2/c1-4-6-13-11(16)8(2)12-7-5-10-14-9(3)15-17-10/h8,12H,4-7H2,1-3H3,(H,13,16). The fourth-order valence-corrected chi connectivity index (χ4v) is 1.33. The third kappa shape index (κ3) is 4.95. The Balaban J connectivity index is 2.19. The fraction of sp³-hybridized carbons (Fsp3) is 0.727. The highest BCUT2D eigenvalue weighted by Gasteiger charge is 2.11. The van der Waals surface area contributed by atoms with Crippen molar-refractivity contribution in [3.63, 3.8) is 0 Å². The first kappa shape index (κ1) is 13.6. The molecular weight excluding hydrogens is 220 g/mol. The molecule has 1 amide bonds. The number of amides is 1. The monoisotopic (exact) mass is 240 g/mol. The SMILES string of the molecule is CCCNC(=O)C(C)NCCc1nc(C)no1. The van der Waals surface area contributed by atoms with Gasteiger partial charge >= 0.3 is 0 Å². The van der Waals surface area contributed by atoms with Gasteiger partial charge in [-0.1, -0.05) is 12.1 Å². The lowest BCUT2D eigenvalue weighted by atomic mass is 10.3. The van der Waals surface area contributed by atoms with Crippen LogP contribution >= 0.6 is 0 Å². The molecule has 96 valence electrons. The molecule has 1 unspecified atom stereocenters. The molecule has 0 spiro atoms. The van der Waals surface area contributed by atoms with Gasteiger partial charge in [-0.3, -0.25) is 4.79 Å². The lowest BCUT2D eigenvalue weighted by Crippen LogP contribution is -2.43. The van der Waals surface area contributed by atoms with Crippen molar-refractivity contribution in [1.29, 1.82) is 0 Å². The van der Waals surface area contributed by atoms with Crippen molar-refractivity contribution in [2.75, 3.05) is 13.1 Å².